The minimum atomic E-state index is 0.469. The molecule has 1 aliphatic rings. The van der Waals surface area contributed by atoms with Gasteiger partial charge in [-0.1, -0.05) is 19.9 Å². The molecule has 142 valence electrons. The fourth-order valence-electron chi connectivity index (χ4n) is 3.34. The molecule has 3 aromatic rings. The number of rotatable bonds is 5. The van der Waals surface area contributed by atoms with E-state index in [1.807, 2.05) is 16.8 Å². The van der Waals surface area contributed by atoms with Crippen LogP contribution >= 0.6 is 15.9 Å². The highest BCUT2D eigenvalue weighted by molar-refractivity contribution is 9.10. The number of hydrogen-bond acceptors (Lipinski definition) is 6. The van der Waals surface area contributed by atoms with Gasteiger partial charge in [-0.2, -0.15) is 9.61 Å². The normalized spacial score (nSPS) is 17.6. The van der Waals surface area contributed by atoms with E-state index in [2.05, 4.69) is 67.5 Å². The smallest absolute Gasteiger partial charge is 0.173 e. The summed E-state index contributed by atoms with van der Waals surface area (Å²) >= 11 is 3.58. The Morgan fingerprint density at radius 3 is 3.04 bits per heavy atom. The van der Waals surface area contributed by atoms with E-state index in [4.69, 9.17) is 4.98 Å². The molecular formula is C19H24BrN7. The molecule has 1 saturated heterocycles. The Kier molecular flexibility index (Phi) is 5.27. The van der Waals surface area contributed by atoms with Crippen molar-refractivity contribution in [2.24, 2.45) is 5.92 Å². The van der Waals surface area contributed by atoms with Gasteiger partial charge in [0.05, 0.1) is 10.7 Å². The number of nitrogens with zero attached hydrogens (tertiary/aromatic N) is 5. The molecule has 4 heterocycles. The summed E-state index contributed by atoms with van der Waals surface area (Å²) in [5, 5.41) is 11.6. The van der Waals surface area contributed by atoms with Crippen molar-refractivity contribution in [1.82, 2.24) is 24.9 Å². The number of hydrogen-bond donors (Lipinski definition) is 2. The van der Waals surface area contributed by atoms with E-state index >= 15 is 0 Å². The summed E-state index contributed by atoms with van der Waals surface area (Å²) in [5.41, 5.74) is 1.94. The average Bonchev–Trinajstić information content (AvgIpc) is 3.08. The second kappa shape index (κ2) is 7.82. The molecule has 0 aromatic carbocycles. The van der Waals surface area contributed by atoms with Crippen LogP contribution in [0.3, 0.4) is 0 Å². The fourth-order valence-corrected chi connectivity index (χ4v) is 3.69. The first-order valence-electron chi connectivity index (χ1n) is 9.27. The fraction of sp³-hybridized carbons (Fsp3) is 0.421. The summed E-state index contributed by atoms with van der Waals surface area (Å²) in [7, 11) is 0. The first kappa shape index (κ1) is 18.2. The van der Waals surface area contributed by atoms with Crippen LogP contribution in [-0.2, 0) is 6.54 Å². The van der Waals surface area contributed by atoms with Crippen LogP contribution < -0.4 is 15.5 Å². The standard InChI is InChI=1S/C19H24BrN7/c1-13(2)16-12-26(7-6-22-16)18-8-17(23-10-14-4-3-5-21-9-14)27-19(25-18)15(20)11-24-27/h3-5,8-9,11,13,16,22-23H,6-7,10,12H2,1-2H3/t16-/m1/s1. The van der Waals surface area contributed by atoms with Crippen molar-refractivity contribution in [1.29, 1.82) is 0 Å². The van der Waals surface area contributed by atoms with Crippen molar-refractivity contribution in [3.63, 3.8) is 0 Å². The monoisotopic (exact) mass is 429 g/mol. The Balaban J connectivity index is 1.64. The van der Waals surface area contributed by atoms with Gasteiger partial charge in [-0.25, -0.2) is 4.98 Å². The minimum Gasteiger partial charge on any atom is -0.366 e. The number of pyridine rings is 1. The molecule has 0 aliphatic carbocycles. The molecule has 0 unspecified atom stereocenters. The third-order valence-electron chi connectivity index (χ3n) is 4.95. The quantitative estimate of drug-likeness (QED) is 0.649. The Bertz CT molecular complexity index is 909. The molecule has 0 radical (unpaired) electrons. The molecule has 1 fully saturated rings. The van der Waals surface area contributed by atoms with Crippen LogP contribution in [0.4, 0.5) is 11.6 Å². The molecule has 0 saturated carbocycles. The summed E-state index contributed by atoms with van der Waals surface area (Å²) in [5.74, 6) is 2.48. The Morgan fingerprint density at radius 2 is 2.26 bits per heavy atom. The highest BCUT2D eigenvalue weighted by Crippen LogP contribution is 2.26. The number of halogens is 1. The molecule has 0 bridgehead atoms. The zero-order valence-electron chi connectivity index (χ0n) is 15.6. The Labute approximate surface area is 167 Å². The van der Waals surface area contributed by atoms with Gasteiger partial charge in [-0.05, 0) is 33.5 Å². The predicted octanol–water partition coefficient (Wildman–Crippen LogP) is 2.93. The van der Waals surface area contributed by atoms with Crippen LogP contribution in [0.1, 0.15) is 19.4 Å². The van der Waals surface area contributed by atoms with E-state index in [0.717, 1.165) is 47.0 Å². The van der Waals surface area contributed by atoms with E-state index < -0.39 is 0 Å². The minimum absolute atomic E-state index is 0.469. The molecule has 1 aliphatic heterocycles. The maximum absolute atomic E-state index is 4.87. The number of piperazine rings is 1. The zero-order chi connectivity index (χ0) is 18.8. The molecule has 2 N–H and O–H groups in total. The van der Waals surface area contributed by atoms with Gasteiger partial charge in [0.2, 0.25) is 0 Å². The van der Waals surface area contributed by atoms with Gasteiger partial charge < -0.3 is 15.5 Å². The van der Waals surface area contributed by atoms with E-state index in [1.165, 1.54) is 0 Å². The highest BCUT2D eigenvalue weighted by atomic mass is 79.9. The molecule has 8 heteroatoms. The van der Waals surface area contributed by atoms with Crippen LogP contribution in [0.5, 0.6) is 0 Å². The van der Waals surface area contributed by atoms with Gasteiger partial charge in [0.25, 0.3) is 0 Å². The largest absolute Gasteiger partial charge is 0.366 e. The topological polar surface area (TPSA) is 70.4 Å². The predicted molar refractivity (Wildman–Crippen MR) is 111 cm³/mol. The lowest BCUT2D eigenvalue weighted by Crippen LogP contribution is -2.53. The van der Waals surface area contributed by atoms with Gasteiger partial charge >= 0.3 is 0 Å². The van der Waals surface area contributed by atoms with Crippen molar-refractivity contribution in [2.75, 3.05) is 29.9 Å². The second-order valence-electron chi connectivity index (χ2n) is 7.19. The summed E-state index contributed by atoms with van der Waals surface area (Å²) in [6.07, 6.45) is 5.44. The summed E-state index contributed by atoms with van der Waals surface area (Å²) < 4.78 is 2.73. The molecule has 0 spiro atoms. The maximum atomic E-state index is 4.87. The number of nitrogens with one attached hydrogen (secondary N) is 2. The van der Waals surface area contributed by atoms with Crippen molar-refractivity contribution >= 4 is 33.2 Å². The van der Waals surface area contributed by atoms with Crippen molar-refractivity contribution in [3.05, 3.63) is 46.8 Å². The highest BCUT2D eigenvalue weighted by Gasteiger charge is 2.24. The van der Waals surface area contributed by atoms with Crippen LogP contribution in [0.25, 0.3) is 5.65 Å². The van der Waals surface area contributed by atoms with Crippen LogP contribution in [-0.4, -0.2) is 45.3 Å². The maximum Gasteiger partial charge on any atom is 0.173 e. The van der Waals surface area contributed by atoms with Crippen molar-refractivity contribution in [3.8, 4) is 0 Å². The SMILES string of the molecule is CC(C)[C@H]1CN(c2cc(NCc3cccnc3)n3ncc(Br)c3n2)CCN1. The van der Waals surface area contributed by atoms with E-state index in [0.29, 0.717) is 18.5 Å². The third-order valence-corrected chi connectivity index (χ3v) is 5.51. The van der Waals surface area contributed by atoms with Gasteiger partial charge in [-0.3, -0.25) is 4.98 Å². The number of anilines is 2. The van der Waals surface area contributed by atoms with E-state index in [-0.39, 0.29) is 0 Å². The molecule has 4 rings (SSSR count). The van der Waals surface area contributed by atoms with E-state index in [9.17, 15) is 0 Å². The van der Waals surface area contributed by atoms with E-state index in [1.54, 1.807) is 12.4 Å². The lowest BCUT2D eigenvalue weighted by molar-refractivity contribution is 0.367. The lowest BCUT2D eigenvalue weighted by Gasteiger charge is -2.36. The van der Waals surface area contributed by atoms with Crippen molar-refractivity contribution < 1.29 is 0 Å². The summed E-state index contributed by atoms with van der Waals surface area (Å²) in [4.78, 5) is 11.4. The molecular weight excluding hydrogens is 406 g/mol. The Morgan fingerprint density at radius 1 is 1.37 bits per heavy atom. The van der Waals surface area contributed by atoms with Crippen molar-refractivity contribution in [2.45, 2.75) is 26.4 Å². The zero-order valence-corrected chi connectivity index (χ0v) is 17.1. The first-order chi connectivity index (χ1) is 13.1. The van der Waals surface area contributed by atoms with Gasteiger partial charge in [-0.15, -0.1) is 0 Å². The molecule has 0 amide bonds. The average molecular weight is 430 g/mol. The number of fused-ring (bicyclic) bond motifs is 1. The Hall–Kier alpha value is -2.19. The van der Waals surface area contributed by atoms with Gasteiger partial charge in [0, 0.05) is 50.7 Å². The second-order valence-corrected chi connectivity index (χ2v) is 8.05. The van der Waals surface area contributed by atoms with Crippen LogP contribution in [0, 0.1) is 5.92 Å². The summed E-state index contributed by atoms with van der Waals surface area (Å²) in [6.45, 7) is 8.06. The summed E-state index contributed by atoms with van der Waals surface area (Å²) in [6, 6.07) is 6.56. The van der Waals surface area contributed by atoms with Gasteiger partial charge in [0.15, 0.2) is 5.65 Å². The van der Waals surface area contributed by atoms with Gasteiger partial charge in [0.1, 0.15) is 11.6 Å². The lowest BCUT2D eigenvalue weighted by atomic mass is 10.0. The molecule has 27 heavy (non-hydrogen) atoms. The molecule has 1 atom stereocenters. The third kappa shape index (κ3) is 3.91. The molecule has 3 aromatic heterocycles. The number of aromatic nitrogens is 4. The van der Waals surface area contributed by atoms with Crippen LogP contribution in [0.15, 0.2) is 41.3 Å². The molecule has 7 nitrogen and oxygen atoms in total. The first-order valence-corrected chi connectivity index (χ1v) is 10.1. The van der Waals surface area contributed by atoms with Crippen LogP contribution in [0.2, 0.25) is 0 Å².